The number of nitrogens with one attached hydrogen (secondary N) is 1. The van der Waals surface area contributed by atoms with Crippen molar-refractivity contribution in [1.29, 1.82) is 0 Å². The fraction of sp³-hybridized carbons (Fsp3) is 0.458. The smallest absolute Gasteiger partial charge is 0.252 e. The van der Waals surface area contributed by atoms with Gasteiger partial charge in [0.2, 0.25) is 0 Å². The highest BCUT2D eigenvalue weighted by Gasteiger charge is 2.35. The molecule has 1 atom stereocenters. The summed E-state index contributed by atoms with van der Waals surface area (Å²) in [6, 6.07) is 18.7. The van der Waals surface area contributed by atoms with Crippen molar-refractivity contribution >= 4 is 17.7 Å². The zero-order chi connectivity index (χ0) is 19.2. The summed E-state index contributed by atoms with van der Waals surface area (Å²) in [6.45, 7) is 1.58. The van der Waals surface area contributed by atoms with Crippen LogP contribution in [0.2, 0.25) is 0 Å². The van der Waals surface area contributed by atoms with Crippen LogP contribution in [0.1, 0.15) is 54.4 Å². The first-order valence-corrected chi connectivity index (χ1v) is 11.4. The van der Waals surface area contributed by atoms with Gasteiger partial charge < -0.3 is 10.1 Å². The third-order valence-electron chi connectivity index (χ3n) is 6.11. The predicted molar refractivity (Wildman–Crippen MR) is 115 cm³/mol. The number of hydrogen-bond donors (Lipinski definition) is 1. The minimum atomic E-state index is 0.0395. The van der Waals surface area contributed by atoms with Gasteiger partial charge in [0.25, 0.3) is 5.91 Å². The van der Waals surface area contributed by atoms with E-state index in [0.29, 0.717) is 12.6 Å². The van der Waals surface area contributed by atoms with Crippen molar-refractivity contribution in [3.63, 3.8) is 0 Å². The zero-order valence-corrected chi connectivity index (χ0v) is 17.2. The lowest BCUT2D eigenvalue weighted by Gasteiger charge is -2.30. The highest BCUT2D eigenvalue weighted by molar-refractivity contribution is 7.99. The molecule has 2 aromatic rings. The van der Waals surface area contributed by atoms with Gasteiger partial charge in [0.1, 0.15) is 0 Å². The molecule has 1 amide bonds. The standard InChI is InChI=1S/C24H29NO2S/c26-23(21-12-4-5-13-22(21)28-17-20-11-8-16-27-20)25-18-24(14-6-7-15-24)19-9-2-1-3-10-19/h1-5,9-10,12-13,20H,6-8,11,14-18H2,(H,25,26). The molecule has 0 aromatic heterocycles. The van der Waals surface area contributed by atoms with Crippen LogP contribution in [-0.2, 0) is 10.2 Å². The Kier molecular flexibility index (Phi) is 6.38. The molecule has 3 nitrogen and oxygen atoms in total. The molecule has 0 spiro atoms. The number of rotatable bonds is 7. The van der Waals surface area contributed by atoms with Crippen molar-refractivity contribution in [3.8, 4) is 0 Å². The number of carbonyl (C=O) groups is 1. The fourth-order valence-corrected chi connectivity index (χ4v) is 5.61. The molecular weight excluding hydrogens is 366 g/mol. The van der Waals surface area contributed by atoms with E-state index in [9.17, 15) is 4.79 Å². The summed E-state index contributed by atoms with van der Waals surface area (Å²) >= 11 is 1.74. The predicted octanol–water partition coefficient (Wildman–Crippen LogP) is 5.20. The minimum absolute atomic E-state index is 0.0395. The molecule has 1 N–H and O–H groups in total. The number of ether oxygens (including phenoxy) is 1. The van der Waals surface area contributed by atoms with Crippen molar-refractivity contribution in [1.82, 2.24) is 5.32 Å². The minimum Gasteiger partial charge on any atom is -0.377 e. The molecule has 0 radical (unpaired) electrons. The highest BCUT2D eigenvalue weighted by atomic mass is 32.2. The summed E-state index contributed by atoms with van der Waals surface area (Å²) < 4.78 is 5.73. The van der Waals surface area contributed by atoms with Gasteiger partial charge in [0, 0.05) is 29.2 Å². The van der Waals surface area contributed by atoms with E-state index >= 15 is 0 Å². The molecule has 1 saturated carbocycles. The number of benzene rings is 2. The van der Waals surface area contributed by atoms with E-state index in [0.717, 1.165) is 48.5 Å². The Morgan fingerprint density at radius 1 is 1.04 bits per heavy atom. The fourth-order valence-electron chi connectivity index (χ4n) is 4.49. The van der Waals surface area contributed by atoms with Gasteiger partial charge in [-0.2, -0.15) is 0 Å². The van der Waals surface area contributed by atoms with Crippen LogP contribution >= 0.6 is 11.8 Å². The van der Waals surface area contributed by atoms with Gasteiger partial charge in [-0.05, 0) is 43.4 Å². The van der Waals surface area contributed by atoms with Crippen molar-refractivity contribution < 1.29 is 9.53 Å². The summed E-state index contributed by atoms with van der Waals surface area (Å²) in [5.41, 5.74) is 2.22. The zero-order valence-electron chi connectivity index (χ0n) is 16.4. The lowest BCUT2D eigenvalue weighted by molar-refractivity contribution is 0.0940. The first-order chi connectivity index (χ1) is 13.8. The third kappa shape index (κ3) is 4.44. The van der Waals surface area contributed by atoms with Gasteiger partial charge in [-0.3, -0.25) is 4.79 Å². The molecule has 4 heteroatoms. The maximum Gasteiger partial charge on any atom is 0.252 e. The van der Waals surface area contributed by atoms with Crippen molar-refractivity contribution in [2.75, 3.05) is 18.9 Å². The lowest BCUT2D eigenvalue weighted by atomic mass is 9.79. The number of thioether (sulfide) groups is 1. The molecule has 4 rings (SSSR count). The second-order valence-corrected chi connectivity index (χ2v) is 9.04. The van der Waals surface area contributed by atoms with E-state index in [1.807, 2.05) is 18.2 Å². The molecule has 0 bridgehead atoms. The van der Waals surface area contributed by atoms with Crippen LogP contribution in [0.5, 0.6) is 0 Å². The van der Waals surface area contributed by atoms with Crippen LogP contribution < -0.4 is 5.32 Å². The average Bonchev–Trinajstić information content (AvgIpc) is 3.44. The van der Waals surface area contributed by atoms with E-state index in [1.54, 1.807) is 11.8 Å². The maximum absolute atomic E-state index is 13.0. The van der Waals surface area contributed by atoms with Gasteiger partial charge in [0.15, 0.2) is 0 Å². The number of hydrogen-bond acceptors (Lipinski definition) is 3. The van der Waals surface area contributed by atoms with Crippen LogP contribution in [0.25, 0.3) is 0 Å². The van der Waals surface area contributed by atoms with Crippen molar-refractivity contribution in [2.45, 2.75) is 54.9 Å². The van der Waals surface area contributed by atoms with Crippen LogP contribution in [0.4, 0.5) is 0 Å². The molecule has 1 unspecified atom stereocenters. The Morgan fingerprint density at radius 2 is 1.79 bits per heavy atom. The van der Waals surface area contributed by atoms with Gasteiger partial charge >= 0.3 is 0 Å². The largest absolute Gasteiger partial charge is 0.377 e. The molecule has 1 aliphatic carbocycles. The topological polar surface area (TPSA) is 38.3 Å². The summed E-state index contributed by atoms with van der Waals surface area (Å²) in [5, 5.41) is 3.27. The highest BCUT2D eigenvalue weighted by Crippen LogP contribution is 2.40. The van der Waals surface area contributed by atoms with Crippen LogP contribution in [0.15, 0.2) is 59.5 Å². The Hall–Kier alpha value is -1.78. The summed E-state index contributed by atoms with van der Waals surface area (Å²) in [7, 11) is 0. The van der Waals surface area contributed by atoms with Crippen molar-refractivity contribution in [3.05, 3.63) is 65.7 Å². The van der Waals surface area contributed by atoms with Gasteiger partial charge in [-0.1, -0.05) is 55.3 Å². The van der Waals surface area contributed by atoms with E-state index in [-0.39, 0.29) is 11.3 Å². The van der Waals surface area contributed by atoms with Crippen LogP contribution in [-0.4, -0.2) is 30.9 Å². The molecule has 1 saturated heterocycles. The SMILES string of the molecule is O=C(NCC1(c2ccccc2)CCCC1)c1ccccc1SCC1CCCO1. The normalized spacial score (nSPS) is 20.9. The number of carbonyl (C=O) groups excluding carboxylic acids is 1. The first-order valence-electron chi connectivity index (χ1n) is 10.4. The quantitative estimate of drug-likeness (QED) is 0.655. The molecule has 1 aliphatic heterocycles. The number of amides is 1. The molecule has 2 aromatic carbocycles. The van der Waals surface area contributed by atoms with Gasteiger partial charge in [-0.15, -0.1) is 11.8 Å². The molecule has 2 aliphatic rings. The Balaban J connectivity index is 1.43. The Labute approximate surface area is 172 Å². The van der Waals surface area contributed by atoms with Gasteiger partial charge in [0.05, 0.1) is 11.7 Å². The third-order valence-corrected chi connectivity index (χ3v) is 7.32. The molecular formula is C24H29NO2S. The Bertz CT molecular complexity index is 780. The summed E-state index contributed by atoms with van der Waals surface area (Å²) in [5.74, 6) is 0.954. The van der Waals surface area contributed by atoms with Gasteiger partial charge in [-0.25, -0.2) is 0 Å². The first kappa shape index (κ1) is 19.5. The average molecular weight is 396 g/mol. The Morgan fingerprint density at radius 3 is 2.54 bits per heavy atom. The van der Waals surface area contributed by atoms with Crippen LogP contribution in [0.3, 0.4) is 0 Å². The van der Waals surface area contributed by atoms with E-state index < -0.39 is 0 Å². The monoisotopic (exact) mass is 395 g/mol. The van der Waals surface area contributed by atoms with Crippen molar-refractivity contribution in [2.24, 2.45) is 0 Å². The molecule has 148 valence electrons. The maximum atomic E-state index is 13.0. The molecule has 1 heterocycles. The van der Waals surface area contributed by atoms with E-state index in [1.165, 1.54) is 18.4 Å². The van der Waals surface area contributed by atoms with E-state index in [2.05, 4.69) is 41.7 Å². The second-order valence-electron chi connectivity index (χ2n) is 7.98. The lowest BCUT2D eigenvalue weighted by Crippen LogP contribution is -2.39. The summed E-state index contributed by atoms with van der Waals surface area (Å²) in [6.07, 6.45) is 7.35. The van der Waals surface area contributed by atoms with Crippen LogP contribution in [0, 0.1) is 0 Å². The van der Waals surface area contributed by atoms with E-state index in [4.69, 9.17) is 4.74 Å². The second kappa shape index (κ2) is 9.15. The molecule has 28 heavy (non-hydrogen) atoms. The summed E-state index contributed by atoms with van der Waals surface area (Å²) in [4.78, 5) is 14.1. The molecule has 2 fully saturated rings.